The van der Waals surface area contributed by atoms with Gasteiger partial charge in [0.15, 0.2) is 0 Å². The standard InChI is InChI=1S/C16H25N3O2/c1-13-5-6-15(16(20)18-8-9-21-2)12-19(13)11-14-4-3-7-17-10-14/h3-4,7,10,13,15H,5-6,8-9,11-12H2,1-2H3,(H,18,20)/t13-,15-/m0/s1. The number of methoxy groups -OCH3 is 1. The molecule has 1 aliphatic heterocycles. The van der Waals surface area contributed by atoms with Crippen LogP contribution in [0, 0.1) is 5.92 Å². The molecule has 116 valence electrons. The Morgan fingerprint density at radius 3 is 3.10 bits per heavy atom. The minimum Gasteiger partial charge on any atom is -0.383 e. The average Bonchev–Trinajstić information content (AvgIpc) is 2.50. The van der Waals surface area contributed by atoms with Gasteiger partial charge in [-0.2, -0.15) is 0 Å². The van der Waals surface area contributed by atoms with Crippen LogP contribution in [0.2, 0.25) is 0 Å². The first-order valence-corrected chi connectivity index (χ1v) is 7.60. The Balaban J connectivity index is 1.88. The number of piperidine rings is 1. The number of carbonyl (C=O) groups is 1. The first kappa shape index (κ1) is 15.9. The molecule has 1 fully saturated rings. The molecule has 2 heterocycles. The second kappa shape index (κ2) is 8.10. The Morgan fingerprint density at radius 2 is 2.38 bits per heavy atom. The molecule has 0 saturated carbocycles. The highest BCUT2D eigenvalue weighted by atomic mass is 16.5. The molecule has 1 saturated heterocycles. The number of nitrogens with one attached hydrogen (secondary N) is 1. The van der Waals surface area contributed by atoms with Crippen molar-refractivity contribution in [3.8, 4) is 0 Å². The average molecular weight is 291 g/mol. The SMILES string of the molecule is COCCNC(=O)[C@H]1CC[C@H](C)N(Cc2cccnc2)C1. The molecule has 1 amide bonds. The van der Waals surface area contributed by atoms with E-state index in [1.807, 2.05) is 12.3 Å². The summed E-state index contributed by atoms with van der Waals surface area (Å²) >= 11 is 0. The quantitative estimate of drug-likeness (QED) is 0.806. The van der Waals surface area contributed by atoms with Crippen LogP contribution in [0.5, 0.6) is 0 Å². The molecular formula is C16H25N3O2. The van der Waals surface area contributed by atoms with E-state index in [9.17, 15) is 4.79 Å². The highest BCUT2D eigenvalue weighted by molar-refractivity contribution is 5.78. The molecule has 1 aliphatic rings. The monoisotopic (exact) mass is 291 g/mol. The van der Waals surface area contributed by atoms with E-state index in [0.717, 1.165) is 25.9 Å². The number of ether oxygens (including phenoxy) is 1. The van der Waals surface area contributed by atoms with Crippen LogP contribution in [0.25, 0.3) is 0 Å². The summed E-state index contributed by atoms with van der Waals surface area (Å²) in [6.07, 6.45) is 5.70. The number of amides is 1. The van der Waals surface area contributed by atoms with E-state index < -0.39 is 0 Å². The number of nitrogens with zero attached hydrogens (tertiary/aromatic N) is 2. The van der Waals surface area contributed by atoms with Crippen molar-refractivity contribution in [3.63, 3.8) is 0 Å². The third kappa shape index (κ3) is 4.79. The second-order valence-electron chi connectivity index (χ2n) is 5.70. The molecule has 21 heavy (non-hydrogen) atoms. The lowest BCUT2D eigenvalue weighted by Gasteiger charge is -2.37. The lowest BCUT2D eigenvalue weighted by atomic mass is 9.92. The van der Waals surface area contributed by atoms with Crippen molar-refractivity contribution in [2.45, 2.75) is 32.4 Å². The van der Waals surface area contributed by atoms with E-state index >= 15 is 0 Å². The summed E-state index contributed by atoms with van der Waals surface area (Å²) in [5.41, 5.74) is 1.20. The molecule has 5 heteroatoms. The van der Waals surface area contributed by atoms with Crippen LogP contribution in [0.1, 0.15) is 25.3 Å². The van der Waals surface area contributed by atoms with Crippen LogP contribution in [0.3, 0.4) is 0 Å². The molecule has 2 atom stereocenters. The van der Waals surface area contributed by atoms with Crippen molar-refractivity contribution in [3.05, 3.63) is 30.1 Å². The molecule has 0 aromatic carbocycles. The molecule has 2 rings (SSSR count). The third-order valence-corrected chi connectivity index (χ3v) is 4.10. The minimum atomic E-state index is 0.0785. The molecule has 0 bridgehead atoms. The lowest BCUT2D eigenvalue weighted by Crippen LogP contribution is -2.46. The fraction of sp³-hybridized carbons (Fsp3) is 0.625. The van der Waals surface area contributed by atoms with Crippen molar-refractivity contribution in [1.82, 2.24) is 15.2 Å². The molecule has 1 aromatic rings. The number of carbonyl (C=O) groups excluding carboxylic acids is 1. The summed E-state index contributed by atoms with van der Waals surface area (Å²) in [4.78, 5) is 18.7. The van der Waals surface area contributed by atoms with Crippen molar-refractivity contribution in [1.29, 1.82) is 0 Å². The van der Waals surface area contributed by atoms with Gasteiger partial charge >= 0.3 is 0 Å². The molecule has 1 N–H and O–H groups in total. The number of hydrogen-bond donors (Lipinski definition) is 1. The number of likely N-dealkylation sites (tertiary alicyclic amines) is 1. The van der Waals surface area contributed by atoms with E-state index in [1.165, 1.54) is 5.56 Å². The van der Waals surface area contributed by atoms with Crippen LogP contribution in [-0.2, 0) is 16.1 Å². The number of hydrogen-bond acceptors (Lipinski definition) is 4. The lowest BCUT2D eigenvalue weighted by molar-refractivity contribution is -0.127. The molecule has 0 radical (unpaired) electrons. The molecule has 5 nitrogen and oxygen atoms in total. The van der Waals surface area contributed by atoms with Crippen molar-refractivity contribution >= 4 is 5.91 Å². The molecule has 1 aromatic heterocycles. The van der Waals surface area contributed by atoms with Crippen LogP contribution in [0.4, 0.5) is 0 Å². The normalized spacial score (nSPS) is 23.0. The largest absolute Gasteiger partial charge is 0.383 e. The van der Waals surface area contributed by atoms with Gasteiger partial charge in [-0.1, -0.05) is 6.07 Å². The third-order valence-electron chi connectivity index (χ3n) is 4.10. The molecule has 0 aliphatic carbocycles. The smallest absolute Gasteiger partial charge is 0.224 e. The fourth-order valence-corrected chi connectivity index (χ4v) is 2.76. The van der Waals surface area contributed by atoms with Gasteiger partial charge in [-0.3, -0.25) is 14.7 Å². The summed E-state index contributed by atoms with van der Waals surface area (Å²) in [5, 5.41) is 2.95. The van der Waals surface area contributed by atoms with Gasteiger partial charge in [0.05, 0.1) is 12.5 Å². The minimum absolute atomic E-state index is 0.0785. The van der Waals surface area contributed by atoms with Crippen molar-refractivity contribution in [2.75, 3.05) is 26.8 Å². The Kier molecular flexibility index (Phi) is 6.14. The highest BCUT2D eigenvalue weighted by Gasteiger charge is 2.29. The van der Waals surface area contributed by atoms with Gasteiger partial charge in [0.1, 0.15) is 0 Å². The van der Waals surface area contributed by atoms with Gasteiger partial charge in [-0.05, 0) is 31.4 Å². The van der Waals surface area contributed by atoms with E-state index in [1.54, 1.807) is 13.3 Å². The van der Waals surface area contributed by atoms with E-state index in [2.05, 4.69) is 28.2 Å². The van der Waals surface area contributed by atoms with Crippen LogP contribution < -0.4 is 5.32 Å². The summed E-state index contributed by atoms with van der Waals surface area (Å²) in [7, 11) is 1.64. The molecule has 0 spiro atoms. The maximum atomic E-state index is 12.2. The van der Waals surface area contributed by atoms with Crippen LogP contribution >= 0.6 is 0 Å². The van der Waals surface area contributed by atoms with E-state index in [4.69, 9.17) is 4.74 Å². The summed E-state index contributed by atoms with van der Waals surface area (Å²) < 4.78 is 4.96. The predicted octanol–water partition coefficient (Wildman–Crippen LogP) is 1.44. The summed E-state index contributed by atoms with van der Waals surface area (Å²) in [6.45, 7) is 5.05. The highest BCUT2D eigenvalue weighted by Crippen LogP contribution is 2.23. The van der Waals surface area contributed by atoms with Crippen molar-refractivity contribution < 1.29 is 9.53 Å². The second-order valence-corrected chi connectivity index (χ2v) is 5.70. The van der Waals surface area contributed by atoms with Gasteiger partial charge < -0.3 is 10.1 Å². The number of aromatic nitrogens is 1. The molecule has 0 unspecified atom stereocenters. The van der Waals surface area contributed by atoms with E-state index in [0.29, 0.717) is 19.2 Å². The zero-order valence-electron chi connectivity index (χ0n) is 12.9. The fourth-order valence-electron chi connectivity index (χ4n) is 2.76. The van der Waals surface area contributed by atoms with Crippen LogP contribution in [0.15, 0.2) is 24.5 Å². The van der Waals surface area contributed by atoms with Gasteiger partial charge in [0.2, 0.25) is 5.91 Å². The zero-order valence-corrected chi connectivity index (χ0v) is 12.9. The first-order chi connectivity index (χ1) is 10.2. The summed E-state index contributed by atoms with van der Waals surface area (Å²) in [5.74, 6) is 0.227. The van der Waals surface area contributed by atoms with Crippen LogP contribution in [-0.4, -0.2) is 48.6 Å². The maximum absolute atomic E-state index is 12.2. The topological polar surface area (TPSA) is 54.5 Å². The molecular weight excluding hydrogens is 266 g/mol. The number of pyridine rings is 1. The van der Waals surface area contributed by atoms with Gasteiger partial charge in [0.25, 0.3) is 0 Å². The Hall–Kier alpha value is -1.46. The van der Waals surface area contributed by atoms with Crippen molar-refractivity contribution in [2.24, 2.45) is 5.92 Å². The first-order valence-electron chi connectivity index (χ1n) is 7.60. The van der Waals surface area contributed by atoms with E-state index in [-0.39, 0.29) is 11.8 Å². The predicted molar refractivity (Wildman–Crippen MR) is 81.7 cm³/mol. The Labute approximate surface area is 126 Å². The maximum Gasteiger partial charge on any atom is 0.224 e. The Bertz CT molecular complexity index is 438. The van der Waals surface area contributed by atoms with Gasteiger partial charge in [0, 0.05) is 45.2 Å². The Morgan fingerprint density at radius 1 is 1.52 bits per heavy atom. The number of rotatable bonds is 6. The summed E-state index contributed by atoms with van der Waals surface area (Å²) in [6, 6.07) is 4.55. The van der Waals surface area contributed by atoms with Gasteiger partial charge in [-0.25, -0.2) is 0 Å². The zero-order chi connectivity index (χ0) is 15.1. The van der Waals surface area contributed by atoms with Gasteiger partial charge in [-0.15, -0.1) is 0 Å².